The lowest BCUT2D eigenvalue weighted by Gasteiger charge is -2.29. The van der Waals surface area contributed by atoms with Crippen molar-refractivity contribution in [2.45, 2.75) is 38.5 Å². The van der Waals surface area contributed by atoms with Crippen molar-refractivity contribution >= 4 is 11.9 Å². The van der Waals surface area contributed by atoms with E-state index in [4.69, 9.17) is 5.73 Å². The maximum atomic E-state index is 12.4. The van der Waals surface area contributed by atoms with Gasteiger partial charge in [0.25, 0.3) is 0 Å². The predicted molar refractivity (Wildman–Crippen MR) is 86.4 cm³/mol. The molecule has 0 spiro atoms. The standard InChI is InChI=1S/C16H30N4O2/c1-18(12-14-6-3-2-4-7-14)15(21)13-19-8-5-9-20(11-10-19)16(17)22/h14H,2-13H2,1H3,(H2,17,22). The van der Waals surface area contributed by atoms with E-state index in [1.165, 1.54) is 32.1 Å². The molecule has 2 fully saturated rings. The molecule has 3 amide bonds. The van der Waals surface area contributed by atoms with E-state index < -0.39 is 0 Å². The van der Waals surface area contributed by atoms with Crippen LogP contribution in [0.4, 0.5) is 4.79 Å². The van der Waals surface area contributed by atoms with Crippen molar-refractivity contribution in [3.8, 4) is 0 Å². The summed E-state index contributed by atoms with van der Waals surface area (Å²) in [7, 11) is 1.92. The second-order valence-corrected chi connectivity index (χ2v) is 6.73. The Labute approximate surface area is 133 Å². The van der Waals surface area contributed by atoms with Crippen molar-refractivity contribution in [3.05, 3.63) is 0 Å². The van der Waals surface area contributed by atoms with Gasteiger partial charge in [0.05, 0.1) is 6.54 Å². The summed E-state index contributed by atoms with van der Waals surface area (Å²) in [5, 5.41) is 0. The van der Waals surface area contributed by atoms with Crippen molar-refractivity contribution in [2.24, 2.45) is 11.7 Å². The molecule has 6 nitrogen and oxygen atoms in total. The van der Waals surface area contributed by atoms with Gasteiger partial charge < -0.3 is 15.5 Å². The highest BCUT2D eigenvalue weighted by molar-refractivity contribution is 5.78. The van der Waals surface area contributed by atoms with E-state index in [0.717, 1.165) is 26.1 Å². The summed E-state index contributed by atoms with van der Waals surface area (Å²) < 4.78 is 0. The van der Waals surface area contributed by atoms with Crippen LogP contribution in [0.5, 0.6) is 0 Å². The number of amides is 3. The monoisotopic (exact) mass is 310 g/mol. The topological polar surface area (TPSA) is 69.9 Å². The summed E-state index contributed by atoms with van der Waals surface area (Å²) >= 11 is 0. The van der Waals surface area contributed by atoms with Crippen LogP contribution < -0.4 is 5.73 Å². The van der Waals surface area contributed by atoms with E-state index in [1.54, 1.807) is 4.90 Å². The van der Waals surface area contributed by atoms with Gasteiger partial charge in [-0.3, -0.25) is 9.69 Å². The Hall–Kier alpha value is -1.30. The minimum absolute atomic E-state index is 0.193. The number of likely N-dealkylation sites (N-methyl/N-ethyl adjacent to an activating group) is 1. The average Bonchev–Trinajstić information content (AvgIpc) is 2.74. The molecule has 1 saturated carbocycles. The van der Waals surface area contributed by atoms with Gasteiger partial charge in [0, 0.05) is 39.8 Å². The first kappa shape index (κ1) is 17.1. The van der Waals surface area contributed by atoms with Crippen LogP contribution in [0.3, 0.4) is 0 Å². The zero-order chi connectivity index (χ0) is 15.9. The number of carbonyl (C=O) groups is 2. The lowest BCUT2D eigenvalue weighted by molar-refractivity contribution is -0.131. The van der Waals surface area contributed by atoms with Gasteiger partial charge in [0.15, 0.2) is 0 Å². The number of primary amides is 1. The van der Waals surface area contributed by atoms with Crippen LogP contribution in [0.1, 0.15) is 38.5 Å². The Kier molecular flexibility index (Phi) is 6.49. The summed E-state index contributed by atoms with van der Waals surface area (Å²) in [6.45, 7) is 4.24. The van der Waals surface area contributed by atoms with E-state index in [0.29, 0.717) is 25.6 Å². The van der Waals surface area contributed by atoms with Crippen LogP contribution in [-0.2, 0) is 4.79 Å². The van der Waals surface area contributed by atoms with E-state index in [-0.39, 0.29) is 11.9 Å². The first-order valence-electron chi connectivity index (χ1n) is 8.57. The minimum Gasteiger partial charge on any atom is -0.351 e. The molecule has 2 rings (SSSR count). The number of urea groups is 1. The predicted octanol–water partition coefficient (Wildman–Crippen LogP) is 1.11. The molecule has 0 aromatic heterocycles. The summed E-state index contributed by atoms with van der Waals surface area (Å²) in [6, 6.07) is -0.359. The van der Waals surface area contributed by atoms with Gasteiger partial charge in [-0.2, -0.15) is 0 Å². The van der Waals surface area contributed by atoms with E-state index >= 15 is 0 Å². The van der Waals surface area contributed by atoms with Crippen LogP contribution in [0, 0.1) is 5.92 Å². The molecule has 2 aliphatic rings. The Morgan fingerprint density at radius 2 is 1.77 bits per heavy atom. The molecule has 1 saturated heterocycles. The molecule has 126 valence electrons. The fourth-order valence-electron chi connectivity index (χ4n) is 3.52. The summed E-state index contributed by atoms with van der Waals surface area (Å²) in [5.74, 6) is 0.871. The van der Waals surface area contributed by atoms with E-state index in [2.05, 4.69) is 4.90 Å². The average molecular weight is 310 g/mol. The number of hydrogen-bond acceptors (Lipinski definition) is 3. The van der Waals surface area contributed by atoms with E-state index in [1.807, 2.05) is 11.9 Å². The van der Waals surface area contributed by atoms with Crippen LogP contribution in [0.15, 0.2) is 0 Å². The lowest BCUT2D eigenvalue weighted by Crippen LogP contribution is -2.42. The molecule has 0 radical (unpaired) electrons. The number of nitrogens with two attached hydrogens (primary N) is 1. The first-order valence-corrected chi connectivity index (χ1v) is 8.57. The Morgan fingerprint density at radius 1 is 1.05 bits per heavy atom. The van der Waals surface area contributed by atoms with Crippen molar-refractivity contribution < 1.29 is 9.59 Å². The highest BCUT2D eigenvalue weighted by atomic mass is 16.2. The molecule has 22 heavy (non-hydrogen) atoms. The zero-order valence-corrected chi connectivity index (χ0v) is 13.8. The van der Waals surface area contributed by atoms with Crippen LogP contribution >= 0.6 is 0 Å². The van der Waals surface area contributed by atoms with Gasteiger partial charge >= 0.3 is 6.03 Å². The summed E-state index contributed by atoms with van der Waals surface area (Å²) in [6.07, 6.45) is 7.36. The second-order valence-electron chi connectivity index (χ2n) is 6.73. The Balaban J connectivity index is 1.74. The first-order chi connectivity index (χ1) is 10.6. The molecule has 0 bridgehead atoms. The molecule has 1 heterocycles. The highest BCUT2D eigenvalue weighted by Crippen LogP contribution is 2.24. The molecule has 1 aliphatic heterocycles. The van der Waals surface area contributed by atoms with Crippen molar-refractivity contribution in [1.29, 1.82) is 0 Å². The normalized spacial score (nSPS) is 21.4. The van der Waals surface area contributed by atoms with Crippen LogP contribution in [0.2, 0.25) is 0 Å². The smallest absolute Gasteiger partial charge is 0.314 e. The third-order valence-corrected chi connectivity index (χ3v) is 4.94. The largest absolute Gasteiger partial charge is 0.351 e. The van der Waals surface area contributed by atoms with Crippen LogP contribution in [0.25, 0.3) is 0 Å². The number of hydrogen-bond donors (Lipinski definition) is 1. The maximum Gasteiger partial charge on any atom is 0.314 e. The lowest BCUT2D eigenvalue weighted by atomic mass is 9.89. The van der Waals surface area contributed by atoms with E-state index in [9.17, 15) is 9.59 Å². The van der Waals surface area contributed by atoms with Gasteiger partial charge in [-0.1, -0.05) is 19.3 Å². The number of nitrogens with zero attached hydrogens (tertiary/aromatic N) is 3. The third-order valence-electron chi connectivity index (χ3n) is 4.94. The van der Waals surface area contributed by atoms with Crippen LogP contribution in [-0.4, -0.2) is 73.0 Å². The summed E-state index contributed by atoms with van der Waals surface area (Å²) in [4.78, 5) is 29.3. The van der Waals surface area contributed by atoms with Gasteiger partial charge in [-0.15, -0.1) is 0 Å². The molecular formula is C16H30N4O2. The van der Waals surface area contributed by atoms with Gasteiger partial charge in [0.1, 0.15) is 0 Å². The molecule has 0 atom stereocenters. The van der Waals surface area contributed by atoms with Gasteiger partial charge in [-0.05, 0) is 25.2 Å². The molecule has 2 N–H and O–H groups in total. The molecule has 0 unspecified atom stereocenters. The highest BCUT2D eigenvalue weighted by Gasteiger charge is 2.22. The second kappa shape index (κ2) is 8.36. The molecule has 0 aromatic carbocycles. The molecular weight excluding hydrogens is 280 g/mol. The van der Waals surface area contributed by atoms with Crippen molar-refractivity contribution in [2.75, 3.05) is 46.3 Å². The SMILES string of the molecule is CN(CC1CCCCC1)C(=O)CN1CCCN(C(N)=O)CC1. The molecule has 0 aromatic rings. The third kappa shape index (κ3) is 5.16. The quantitative estimate of drug-likeness (QED) is 0.845. The van der Waals surface area contributed by atoms with Crippen molar-refractivity contribution in [3.63, 3.8) is 0 Å². The molecule has 6 heteroatoms. The fraction of sp³-hybridized carbons (Fsp3) is 0.875. The number of rotatable bonds is 4. The zero-order valence-electron chi connectivity index (χ0n) is 13.8. The Bertz CT molecular complexity index is 382. The fourth-order valence-corrected chi connectivity index (χ4v) is 3.52. The molecule has 1 aliphatic carbocycles. The summed E-state index contributed by atoms with van der Waals surface area (Å²) in [5.41, 5.74) is 5.33. The minimum atomic E-state index is -0.359. The van der Waals surface area contributed by atoms with Gasteiger partial charge in [-0.25, -0.2) is 4.79 Å². The van der Waals surface area contributed by atoms with Gasteiger partial charge in [0.2, 0.25) is 5.91 Å². The Morgan fingerprint density at radius 3 is 2.45 bits per heavy atom. The number of carbonyl (C=O) groups excluding carboxylic acids is 2. The van der Waals surface area contributed by atoms with Crippen molar-refractivity contribution in [1.82, 2.24) is 14.7 Å². The maximum absolute atomic E-state index is 12.4.